The minimum atomic E-state index is 0.750. The van der Waals surface area contributed by atoms with Crippen LogP contribution in [-0.2, 0) is 20.0 Å². The first kappa shape index (κ1) is 12.0. The molecule has 1 N–H and O–H groups in total. The Morgan fingerprint density at radius 1 is 1.41 bits per heavy atom. The number of hydrogen-bond donors (Lipinski definition) is 1. The number of nitrogens with one attached hydrogen (secondary N) is 1. The summed E-state index contributed by atoms with van der Waals surface area (Å²) in [5, 5.41) is 17.7. The predicted molar refractivity (Wildman–Crippen MR) is 69.2 cm³/mol. The summed E-state index contributed by atoms with van der Waals surface area (Å²) < 4.78 is 1.87. The molecule has 92 valence electrons. The number of aromatic nitrogens is 4. The van der Waals surface area contributed by atoms with Crippen LogP contribution < -0.4 is 5.32 Å². The summed E-state index contributed by atoms with van der Waals surface area (Å²) in [5.41, 5.74) is 2.37. The first-order valence-electron chi connectivity index (χ1n) is 5.74. The second-order valence-electron chi connectivity index (χ2n) is 3.98. The van der Waals surface area contributed by atoms with Crippen LogP contribution >= 0.6 is 11.3 Å². The second kappa shape index (κ2) is 5.27. The SMILES string of the molecule is CCCc1nnc(NCc2cnn(C)c2C)s1. The van der Waals surface area contributed by atoms with E-state index in [-0.39, 0.29) is 0 Å². The first-order valence-corrected chi connectivity index (χ1v) is 6.56. The maximum absolute atomic E-state index is 4.21. The van der Waals surface area contributed by atoms with Gasteiger partial charge < -0.3 is 5.32 Å². The van der Waals surface area contributed by atoms with E-state index < -0.39 is 0 Å². The maximum Gasteiger partial charge on any atom is 0.205 e. The molecule has 2 rings (SSSR count). The first-order chi connectivity index (χ1) is 8.20. The molecule has 0 aliphatic rings. The molecule has 0 aliphatic heterocycles. The number of anilines is 1. The van der Waals surface area contributed by atoms with Crippen molar-refractivity contribution in [3.63, 3.8) is 0 Å². The lowest BCUT2D eigenvalue weighted by Crippen LogP contribution is -2.01. The summed E-state index contributed by atoms with van der Waals surface area (Å²) in [5.74, 6) is 0. The zero-order valence-corrected chi connectivity index (χ0v) is 11.2. The van der Waals surface area contributed by atoms with Crippen molar-refractivity contribution in [2.75, 3.05) is 5.32 Å². The molecule has 0 saturated heterocycles. The molecule has 0 aliphatic carbocycles. The number of hydrogen-bond acceptors (Lipinski definition) is 5. The summed E-state index contributed by atoms with van der Waals surface area (Å²) >= 11 is 1.63. The maximum atomic E-state index is 4.21. The van der Waals surface area contributed by atoms with Gasteiger partial charge in [-0.15, -0.1) is 10.2 Å². The van der Waals surface area contributed by atoms with Crippen LogP contribution in [0.5, 0.6) is 0 Å². The minimum absolute atomic E-state index is 0.750. The zero-order valence-electron chi connectivity index (χ0n) is 10.4. The van der Waals surface area contributed by atoms with E-state index in [1.165, 1.54) is 11.3 Å². The largest absolute Gasteiger partial charge is 0.356 e. The van der Waals surface area contributed by atoms with Crippen LogP contribution in [0.25, 0.3) is 0 Å². The van der Waals surface area contributed by atoms with E-state index in [4.69, 9.17) is 0 Å². The van der Waals surface area contributed by atoms with Gasteiger partial charge in [-0.2, -0.15) is 5.10 Å². The van der Waals surface area contributed by atoms with Crippen molar-refractivity contribution < 1.29 is 0 Å². The molecule has 0 unspecified atom stereocenters. The fourth-order valence-electron chi connectivity index (χ4n) is 1.53. The molecule has 0 radical (unpaired) electrons. The molecule has 2 heterocycles. The highest BCUT2D eigenvalue weighted by Crippen LogP contribution is 2.17. The number of rotatable bonds is 5. The molecule has 0 bridgehead atoms. The highest BCUT2D eigenvalue weighted by molar-refractivity contribution is 7.15. The molecule has 2 aromatic rings. The molecular weight excluding hydrogens is 234 g/mol. The molecule has 0 saturated carbocycles. The molecule has 17 heavy (non-hydrogen) atoms. The summed E-state index contributed by atoms with van der Waals surface area (Å²) in [6.45, 7) is 4.96. The Labute approximate surface area is 105 Å². The van der Waals surface area contributed by atoms with E-state index >= 15 is 0 Å². The van der Waals surface area contributed by atoms with E-state index in [9.17, 15) is 0 Å². The lowest BCUT2D eigenvalue weighted by Gasteiger charge is -2.01. The Hall–Kier alpha value is -1.43. The van der Waals surface area contributed by atoms with Crippen molar-refractivity contribution in [2.24, 2.45) is 7.05 Å². The van der Waals surface area contributed by atoms with Gasteiger partial charge in [0.2, 0.25) is 5.13 Å². The van der Waals surface area contributed by atoms with Crippen molar-refractivity contribution in [1.82, 2.24) is 20.0 Å². The van der Waals surface area contributed by atoms with E-state index in [0.29, 0.717) is 0 Å². The van der Waals surface area contributed by atoms with Crippen LogP contribution in [-0.4, -0.2) is 20.0 Å². The van der Waals surface area contributed by atoms with Crippen LogP contribution in [0.15, 0.2) is 6.20 Å². The van der Waals surface area contributed by atoms with E-state index in [1.54, 1.807) is 11.3 Å². The van der Waals surface area contributed by atoms with Crippen molar-refractivity contribution in [3.05, 3.63) is 22.5 Å². The number of aryl methyl sites for hydroxylation is 2. The molecule has 0 spiro atoms. The van der Waals surface area contributed by atoms with Crippen LogP contribution in [0.1, 0.15) is 29.6 Å². The van der Waals surface area contributed by atoms with E-state index in [2.05, 4.69) is 34.5 Å². The lowest BCUT2D eigenvalue weighted by atomic mass is 10.2. The fourth-order valence-corrected chi connectivity index (χ4v) is 2.37. The molecule has 2 aromatic heterocycles. The standard InChI is InChI=1S/C11H17N5S/c1-4-5-10-14-15-11(17-10)12-6-9-7-13-16(3)8(9)2/h7H,4-6H2,1-3H3,(H,12,15). The van der Waals surface area contributed by atoms with Crippen LogP contribution in [0.3, 0.4) is 0 Å². The van der Waals surface area contributed by atoms with Crippen molar-refractivity contribution in [2.45, 2.75) is 33.2 Å². The monoisotopic (exact) mass is 251 g/mol. The molecule has 0 amide bonds. The third-order valence-electron chi connectivity index (χ3n) is 2.70. The van der Waals surface area contributed by atoms with Gasteiger partial charge >= 0.3 is 0 Å². The summed E-state index contributed by atoms with van der Waals surface area (Å²) in [7, 11) is 1.95. The molecule has 0 fully saturated rings. The van der Waals surface area contributed by atoms with Gasteiger partial charge in [-0.3, -0.25) is 4.68 Å². The third kappa shape index (κ3) is 2.82. The summed E-state index contributed by atoms with van der Waals surface area (Å²) in [6.07, 6.45) is 4.00. The number of nitrogens with zero attached hydrogens (tertiary/aromatic N) is 4. The minimum Gasteiger partial charge on any atom is -0.356 e. The van der Waals surface area contributed by atoms with Gasteiger partial charge in [0, 0.05) is 31.3 Å². The van der Waals surface area contributed by atoms with Gasteiger partial charge in [-0.25, -0.2) is 0 Å². The van der Waals surface area contributed by atoms with Gasteiger partial charge in [0.25, 0.3) is 0 Å². The normalized spacial score (nSPS) is 10.8. The fraction of sp³-hybridized carbons (Fsp3) is 0.545. The van der Waals surface area contributed by atoms with E-state index in [1.807, 2.05) is 17.9 Å². The van der Waals surface area contributed by atoms with Crippen molar-refractivity contribution >= 4 is 16.5 Å². The topological polar surface area (TPSA) is 55.6 Å². The van der Waals surface area contributed by atoms with Gasteiger partial charge in [0.1, 0.15) is 5.01 Å². The Morgan fingerprint density at radius 3 is 2.88 bits per heavy atom. The molecule has 0 aromatic carbocycles. The Kier molecular flexibility index (Phi) is 3.73. The van der Waals surface area contributed by atoms with Crippen molar-refractivity contribution in [3.8, 4) is 0 Å². The lowest BCUT2D eigenvalue weighted by molar-refractivity contribution is 0.738. The van der Waals surface area contributed by atoms with Gasteiger partial charge in [-0.1, -0.05) is 18.3 Å². The highest BCUT2D eigenvalue weighted by Gasteiger charge is 2.06. The van der Waals surface area contributed by atoms with Gasteiger partial charge in [-0.05, 0) is 13.3 Å². The molecule has 0 atom stereocenters. The average Bonchev–Trinajstić information content (AvgIpc) is 2.87. The Balaban J connectivity index is 1.95. The third-order valence-corrected chi connectivity index (χ3v) is 3.64. The second-order valence-corrected chi connectivity index (χ2v) is 5.05. The Morgan fingerprint density at radius 2 is 2.24 bits per heavy atom. The predicted octanol–water partition coefficient (Wildman–Crippen LogP) is 2.14. The van der Waals surface area contributed by atoms with E-state index in [0.717, 1.165) is 29.5 Å². The van der Waals surface area contributed by atoms with Crippen LogP contribution in [0.2, 0.25) is 0 Å². The quantitative estimate of drug-likeness (QED) is 0.884. The van der Waals surface area contributed by atoms with Crippen molar-refractivity contribution in [1.29, 1.82) is 0 Å². The Bertz CT molecular complexity index is 488. The summed E-state index contributed by atoms with van der Waals surface area (Å²) in [6, 6.07) is 0. The molecule has 5 nitrogen and oxygen atoms in total. The highest BCUT2D eigenvalue weighted by atomic mass is 32.1. The summed E-state index contributed by atoms with van der Waals surface area (Å²) in [4.78, 5) is 0. The van der Waals surface area contributed by atoms with Gasteiger partial charge in [0.05, 0.1) is 6.20 Å². The zero-order chi connectivity index (χ0) is 12.3. The van der Waals surface area contributed by atoms with Gasteiger partial charge in [0.15, 0.2) is 0 Å². The van der Waals surface area contributed by atoms with Crippen LogP contribution in [0, 0.1) is 6.92 Å². The molecule has 6 heteroatoms. The smallest absolute Gasteiger partial charge is 0.205 e. The van der Waals surface area contributed by atoms with Crippen LogP contribution in [0.4, 0.5) is 5.13 Å². The molecular formula is C11H17N5S. The average molecular weight is 251 g/mol.